The summed E-state index contributed by atoms with van der Waals surface area (Å²) in [5, 5.41) is 12.5. The fourth-order valence-electron chi connectivity index (χ4n) is 3.23. The Kier molecular flexibility index (Phi) is 8.47. The van der Waals surface area contributed by atoms with Crippen LogP contribution in [-0.2, 0) is 28.2 Å². The molecule has 1 aromatic carbocycles. The lowest BCUT2D eigenvalue weighted by molar-refractivity contribution is -0.120. The number of carbonyl (C=O) groups is 1. The van der Waals surface area contributed by atoms with Gasteiger partial charge in [0.05, 0.1) is 6.10 Å². The number of nitrogens with one attached hydrogen (secondary N) is 1. The molecular formula is C23H28N4O2S. The van der Waals surface area contributed by atoms with Gasteiger partial charge in [-0.1, -0.05) is 66.4 Å². The van der Waals surface area contributed by atoms with Crippen LogP contribution >= 0.6 is 11.8 Å². The highest BCUT2D eigenvalue weighted by Gasteiger charge is 2.16. The van der Waals surface area contributed by atoms with E-state index in [0.29, 0.717) is 25.9 Å². The van der Waals surface area contributed by atoms with Gasteiger partial charge in [-0.3, -0.25) is 4.79 Å². The zero-order chi connectivity index (χ0) is 21.2. The second kappa shape index (κ2) is 11.5. The molecule has 1 aromatic heterocycles. The molecule has 1 unspecified atom stereocenters. The monoisotopic (exact) mass is 424 g/mol. The van der Waals surface area contributed by atoms with Crippen molar-refractivity contribution in [3.63, 3.8) is 0 Å². The molecule has 6 nitrogen and oxygen atoms in total. The van der Waals surface area contributed by atoms with E-state index in [-0.39, 0.29) is 12.0 Å². The molecule has 1 aliphatic rings. The Labute approximate surface area is 182 Å². The summed E-state index contributed by atoms with van der Waals surface area (Å²) in [7, 11) is 1.69. The van der Waals surface area contributed by atoms with E-state index in [2.05, 4.69) is 40.3 Å². The van der Waals surface area contributed by atoms with E-state index in [0.717, 1.165) is 28.7 Å². The fourth-order valence-corrected chi connectivity index (χ4v) is 4.16. The van der Waals surface area contributed by atoms with Gasteiger partial charge in [0, 0.05) is 38.8 Å². The van der Waals surface area contributed by atoms with Crippen LogP contribution in [0.4, 0.5) is 0 Å². The lowest BCUT2D eigenvalue weighted by Gasteiger charge is -2.20. The van der Waals surface area contributed by atoms with Gasteiger partial charge in [-0.25, -0.2) is 0 Å². The van der Waals surface area contributed by atoms with Gasteiger partial charge >= 0.3 is 0 Å². The molecule has 1 N–H and O–H groups in total. The van der Waals surface area contributed by atoms with Crippen molar-refractivity contribution in [2.24, 2.45) is 0 Å². The van der Waals surface area contributed by atoms with Crippen LogP contribution in [0.5, 0.6) is 0 Å². The molecule has 0 radical (unpaired) electrons. The van der Waals surface area contributed by atoms with Crippen molar-refractivity contribution in [1.29, 1.82) is 0 Å². The van der Waals surface area contributed by atoms with Gasteiger partial charge in [-0.15, -0.1) is 16.8 Å². The van der Waals surface area contributed by atoms with Crippen molar-refractivity contribution in [2.75, 3.05) is 13.7 Å². The normalized spacial score (nSPS) is 15.6. The van der Waals surface area contributed by atoms with Gasteiger partial charge in [-0.05, 0) is 17.6 Å². The molecule has 3 rings (SSSR count). The van der Waals surface area contributed by atoms with Crippen LogP contribution in [0.3, 0.4) is 0 Å². The zero-order valence-corrected chi connectivity index (χ0v) is 18.1. The summed E-state index contributed by atoms with van der Waals surface area (Å²) >= 11 is 1.64. The molecule has 30 heavy (non-hydrogen) atoms. The maximum Gasteiger partial charge on any atom is 0.220 e. The maximum absolute atomic E-state index is 12.4. The smallest absolute Gasteiger partial charge is 0.220 e. The topological polar surface area (TPSA) is 69.0 Å². The van der Waals surface area contributed by atoms with Gasteiger partial charge in [0.1, 0.15) is 5.82 Å². The van der Waals surface area contributed by atoms with Gasteiger partial charge in [-0.2, -0.15) is 0 Å². The fraction of sp³-hybridized carbons (Fsp3) is 0.348. The first-order chi connectivity index (χ1) is 14.7. The van der Waals surface area contributed by atoms with E-state index in [1.54, 1.807) is 18.9 Å². The molecule has 0 spiro atoms. The highest BCUT2D eigenvalue weighted by atomic mass is 32.2. The first kappa shape index (κ1) is 22.1. The minimum absolute atomic E-state index is 0.00746. The van der Waals surface area contributed by atoms with Crippen LogP contribution in [0.15, 0.2) is 71.9 Å². The van der Waals surface area contributed by atoms with Crippen LogP contribution < -0.4 is 5.32 Å². The van der Waals surface area contributed by atoms with Crippen LogP contribution in [0.1, 0.15) is 24.2 Å². The molecule has 158 valence electrons. The van der Waals surface area contributed by atoms with Gasteiger partial charge in [0.25, 0.3) is 0 Å². The first-order valence-electron chi connectivity index (χ1n) is 10.1. The number of amides is 1. The Bertz CT molecular complexity index is 905. The number of ether oxygens (including phenoxy) is 1. The molecule has 1 aliphatic carbocycles. The molecule has 0 saturated heterocycles. The SMILES string of the molecule is C=CCn1c(CCC(=O)NCC2=CC=CCC2OC)nnc1SCc1ccccc1. The molecular weight excluding hydrogens is 396 g/mol. The summed E-state index contributed by atoms with van der Waals surface area (Å²) in [5.41, 5.74) is 2.32. The largest absolute Gasteiger partial charge is 0.377 e. The second-order valence-electron chi connectivity index (χ2n) is 6.98. The van der Waals surface area contributed by atoms with Crippen molar-refractivity contribution >= 4 is 17.7 Å². The van der Waals surface area contributed by atoms with E-state index in [4.69, 9.17) is 4.74 Å². The van der Waals surface area contributed by atoms with Crippen molar-refractivity contribution in [3.05, 3.63) is 78.2 Å². The third kappa shape index (κ3) is 6.18. The number of allylic oxidation sites excluding steroid dienone is 3. The number of nitrogens with zero attached hydrogens (tertiary/aromatic N) is 3. The van der Waals surface area contributed by atoms with E-state index < -0.39 is 0 Å². The number of hydrogen-bond donors (Lipinski definition) is 1. The third-order valence-corrected chi connectivity index (χ3v) is 5.91. The summed E-state index contributed by atoms with van der Waals surface area (Å²) in [5.74, 6) is 1.61. The Balaban J connectivity index is 1.53. The summed E-state index contributed by atoms with van der Waals surface area (Å²) < 4.78 is 7.49. The molecule has 0 bridgehead atoms. The molecule has 2 aromatic rings. The molecule has 0 saturated carbocycles. The van der Waals surface area contributed by atoms with E-state index >= 15 is 0 Å². The number of rotatable bonds is 11. The Hall–Kier alpha value is -2.64. The second-order valence-corrected chi connectivity index (χ2v) is 7.92. The molecule has 1 amide bonds. The standard InChI is InChI=1S/C23H28N4O2S/c1-3-15-27-21(25-26-23(27)30-17-18-9-5-4-6-10-18)13-14-22(28)24-16-19-11-7-8-12-20(19)29-2/h3-11,20H,1,12-17H2,2H3,(H,24,28). The highest BCUT2D eigenvalue weighted by Crippen LogP contribution is 2.22. The molecule has 1 heterocycles. The summed E-state index contributed by atoms with van der Waals surface area (Å²) in [4.78, 5) is 12.4. The molecule has 1 atom stereocenters. The molecule has 7 heteroatoms. The van der Waals surface area contributed by atoms with Crippen LogP contribution in [0, 0.1) is 0 Å². The van der Waals surface area contributed by atoms with Crippen LogP contribution in [0.25, 0.3) is 0 Å². The lowest BCUT2D eigenvalue weighted by Crippen LogP contribution is -2.30. The maximum atomic E-state index is 12.4. The van der Waals surface area contributed by atoms with E-state index in [1.165, 1.54) is 5.56 Å². The number of hydrogen-bond acceptors (Lipinski definition) is 5. The molecule has 0 aliphatic heterocycles. The van der Waals surface area contributed by atoms with Crippen LogP contribution in [-0.4, -0.2) is 40.4 Å². The predicted octanol–water partition coefficient (Wildman–Crippen LogP) is 3.71. The number of carbonyl (C=O) groups excluding carboxylic acids is 1. The van der Waals surface area contributed by atoms with Crippen molar-refractivity contribution in [2.45, 2.75) is 42.8 Å². The summed E-state index contributed by atoms with van der Waals surface area (Å²) in [6, 6.07) is 10.3. The number of thioether (sulfide) groups is 1. The number of aromatic nitrogens is 3. The van der Waals surface area contributed by atoms with Gasteiger partial charge in [0.2, 0.25) is 5.91 Å². The predicted molar refractivity (Wildman–Crippen MR) is 120 cm³/mol. The Morgan fingerprint density at radius 2 is 2.20 bits per heavy atom. The number of aryl methyl sites for hydroxylation is 1. The average molecular weight is 425 g/mol. The van der Waals surface area contributed by atoms with Crippen LogP contribution in [0.2, 0.25) is 0 Å². The summed E-state index contributed by atoms with van der Waals surface area (Å²) in [6.45, 7) is 4.96. The minimum atomic E-state index is -0.00746. The molecule has 0 fully saturated rings. The number of methoxy groups -OCH3 is 1. The first-order valence-corrected chi connectivity index (χ1v) is 11.0. The van der Waals surface area contributed by atoms with Crippen molar-refractivity contribution in [3.8, 4) is 0 Å². The highest BCUT2D eigenvalue weighted by molar-refractivity contribution is 7.98. The third-order valence-electron chi connectivity index (χ3n) is 4.88. The Morgan fingerprint density at radius 1 is 1.37 bits per heavy atom. The Morgan fingerprint density at radius 3 is 2.97 bits per heavy atom. The summed E-state index contributed by atoms with van der Waals surface area (Å²) in [6.07, 6.45) is 9.68. The number of benzene rings is 1. The van der Waals surface area contributed by atoms with Crippen molar-refractivity contribution in [1.82, 2.24) is 20.1 Å². The lowest BCUT2D eigenvalue weighted by atomic mass is 10.0. The van der Waals surface area contributed by atoms with Crippen molar-refractivity contribution < 1.29 is 9.53 Å². The zero-order valence-electron chi connectivity index (χ0n) is 17.3. The van der Waals surface area contributed by atoms with E-state index in [9.17, 15) is 4.79 Å². The average Bonchev–Trinajstić information content (AvgIpc) is 3.17. The van der Waals surface area contributed by atoms with Gasteiger partial charge in [0.15, 0.2) is 5.16 Å². The van der Waals surface area contributed by atoms with E-state index in [1.807, 2.05) is 41.0 Å². The quantitative estimate of drug-likeness (QED) is 0.440. The van der Waals surface area contributed by atoms with Gasteiger partial charge < -0.3 is 14.6 Å². The minimum Gasteiger partial charge on any atom is -0.377 e.